The molecule has 105 heavy (non-hydrogen) atoms. The summed E-state index contributed by atoms with van der Waals surface area (Å²) in [6.45, 7) is 28.9. The number of aryl methyl sites for hydroxylation is 1. The van der Waals surface area contributed by atoms with Crippen LogP contribution in [0.25, 0.3) is 50.5 Å². The highest BCUT2D eigenvalue weighted by atomic mass is 15.1. The van der Waals surface area contributed by atoms with E-state index in [0.29, 0.717) is 0 Å². The van der Waals surface area contributed by atoms with Gasteiger partial charge in [0.1, 0.15) is 21.1 Å². The van der Waals surface area contributed by atoms with Crippen molar-refractivity contribution in [3.63, 3.8) is 0 Å². The number of anilines is 3. The number of benzene rings is 11. The van der Waals surface area contributed by atoms with Gasteiger partial charge in [-0.2, -0.15) is 13.7 Å². The molecule has 15 rings (SSSR count). The Bertz CT molecular complexity index is 5220. The van der Waals surface area contributed by atoms with Crippen LogP contribution in [0.1, 0.15) is 125 Å². The van der Waals surface area contributed by atoms with Crippen LogP contribution in [0.15, 0.2) is 279 Å². The van der Waals surface area contributed by atoms with Gasteiger partial charge in [-0.1, -0.05) is 188 Å². The van der Waals surface area contributed by atoms with Crippen molar-refractivity contribution in [3.8, 4) is 0 Å². The Labute approximate surface area is 626 Å². The lowest BCUT2D eigenvalue weighted by Crippen LogP contribution is -2.33. The Morgan fingerprint density at radius 2 is 0.676 bits per heavy atom. The van der Waals surface area contributed by atoms with Crippen molar-refractivity contribution >= 4 is 102 Å². The normalized spacial score (nSPS) is 18.0. The molecule has 0 spiro atoms. The molecule has 0 aromatic heterocycles. The lowest BCUT2D eigenvalue weighted by atomic mass is 9.72. The number of rotatable bonds is 21. The first-order valence-corrected chi connectivity index (χ1v) is 38.5. The minimum absolute atomic E-state index is 0.0829. The smallest absolute Gasteiger partial charge is 0.210 e. The summed E-state index contributed by atoms with van der Waals surface area (Å²) >= 11 is 0. The van der Waals surface area contributed by atoms with E-state index >= 15 is 0 Å². The standard InChI is InChI=1S/C34H37N2.C33H35N2.C32H35N2/c1-6-36(7-2)29-20-16-26(17-21-29)18-23-32-34(4,24-28-14-9-8-12-25(28)3)33-30-15-11-10-13-27(30)19-22-31(33)35(32)5;1-5-35(6-2)28-20-16-25(17-21-28)18-23-31-33(3,24-26-12-8-7-9-13-26)32-29-15-11-10-14-27(29)19-22-30(32)34(31)4;1-5-34(6-2)27-19-15-24(16-20-27)17-22-30-32(3,23-25-11-7-8-12-25)31-28-14-10-9-13-26(28)18-21-29(31)33(30)4/h8-23H,6-7,24H2,1-5H3;7-23H,5-6,24H2,1-4H3;7-11,13-22H,5-6,12,23H2,1-4H3/q3*+1. The van der Waals surface area contributed by atoms with Gasteiger partial charge in [-0.3, -0.25) is 0 Å². The maximum Gasteiger partial charge on any atom is 0.210 e. The van der Waals surface area contributed by atoms with Gasteiger partial charge in [0.2, 0.25) is 17.1 Å². The van der Waals surface area contributed by atoms with E-state index < -0.39 is 0 Å². The van der Waals surface area contributed by atoms with Crippen molar-refractivity contribution in [2.75, 3.05) is 75.1 Å². The Morgan fingerprint density at radius 1 is 0.343 bits per heavy atom. The summed E-state index contributed by atoms with van der Waals surface area (Å²) in [5.74, 6) is 0. The van der Waals surface area contributed by atoms with Gasteiger partial charge in [0.25, 0.3) is 0 Å². The first kappa shape index (κ1) is 72.7. The van der Waals surface area contributed by atoms with Crippen molar-refractivity contribution < 1.29 is 13.7 Å². The summed E-state index contributed by atoms with van der Waals surface area (Å²) in [7, 11) is 6.66. The van der Waals surface area contributed by atoms with Crippen LogP contribution in [0.2, 0.25) is 0 Å². The van der Waals surface area contributed by atoms with Gasteiger partial charge in [-0.25, -0.2) is 0 Å². The maximum atomic E-state index is 2.43. The van der Waals surface area contributed by atoms with Gasteiger partial charge in [0, 0.05) is 109 Å². The van der Waals surface area contributed by atoms with Crippen LogP contribution in [0.3, 0.4) is 0 Å². The minimum Gasteiger partial charge on any atom is -0.372 e. The van der Waals surface area contributed by atoms with Gasteiger partial charge in [-0.15, -0.1) is 0 Å². The fraction of sp³-hybridized carbons (Fsp3) is 0.263. The summed E-state index contributed by atoms with van der Waals surface area (Å²) in [5, 5.41) is 7.99. The molecule has 4 aliphatic rings. The first-order valence-electron chi connectivity index (χ1n) is 38.5. The van der Waals surface area contributed by atoms with E-state index in [-0.39, 0.29) is 16.2 Å². The molecule has 530 valence electrons. The second-order valence-corrected chi connectivity index (χ2v) is 29.6. The van der Waals surface area contributed by atoms with Crippen LogP contribution < -0.4 is 14.7 Å². The highest BCUT2D eigenvalue weighted by molar-refractivity contribution is 6.12. The van der Waals surface area contributed by atoms with Crippen molar-refractivity contribution in [3.05, 3.63) is 329 Å². The minimum atomic E-state index is -0.144. The predicted octanol–water partition coefficient (Wildman–Crippen LogP) is 23.2. The first-order chi connectivity index (χ1) is 51.0. The van der Waals surface area contributed by atoms with Gasteiger partial charge in [0.15, 0.2) is 17.1 Å². The molecule has 3 unspecified atom stereocenters. The van der Waals surface area contributed by atoms with Crippen molar-refractivity contribution in [2.24, 2.45) is 0 Å². The molecule has 0 bridgehead atoms. The van der Waals surface area contributed by atoms with Gasteiger partial charge < -0.3 is 14.7 Å². The van der Waals surface area contributed by atoms with E-state index in [4.69, 9.17) is 0 Å². The van der Waals surface area contributed by atoms with Crippen molar-refractivity contribution in [1.29, 1.82) is 0 Å². The molecular weight excluding hydrogens is 1270 g/mol. The molecule has 3 atom stereocenters. The van der Waals surface area contributed by atoms with Crippen LogP contribution in [0, 0.1) is 6.92 Å². The second-order valence-electron chi connectivity index (χ2n) is 29.6. The van der Waals surface area contributed by atoms with Gasteiger partial charge >= 0.3 is 0 Å². The van der Waals surface area contributed by atoms with Crippen LogP contribution >= 0.6 is 0 Å². The summed E-state index contributed by atoms with van der Waals surface area (Å²) < 4.78 is 7.21. The molecule has 0 radical (unpaired) electrons. The quantitative estimate of drug-likeness (QED) is 0.0668. The lowest BCUT2D eigenvalue weighted by Gasteiger charge is -2.25. The third kappa shape index (κ3) is 14.5. The highest BCUT2D eigenvalue weighted by Gasteiger charge is 2.51. The molecule has 3 heterocycles. The summed E-state index contributed by atoms with van der Waals surface area (Å²) in [5.41, 5.74) is 25.1. The molecule has 0 N–H and O–H groups in total. The third-order valence-corrected chi connectivity index (χ3v) is 23.2. The molecule has 3 aliphatic heterocycles. The molecule has 6 heteroatoms. The van der Waals surface area contributed by atoms with E-state index in [1.165, 1.54) is 139 Å². The van der Waals surface area contributed by atoms with Crippen LogP contribution in [-0.2, 0) is 29.1 Å². The van der Waals surface area contributed by atoms with E-state index in [1.807, 2.05) is 0 Å². The second kappa shape index (κ2) is 31.7. The number of hydrogen-bond donors (Lipinski definition) is 0. The average molecular weight is 1380 g/mol. The van der Waals surface area contributed by atoms with Crippen LogP contribution in [0.4, 0.5) is 34.1 Å². The monoisotopic (exact) mass is 1380 g/mol. The molecule has 11 aromatic carbocycles. The lowest BCUT2D eigenvalue weighted by molar-refractivity contribution is -0.401. The molecule has 0 saturated heterocycles. The van der Waals surface area contributed by atoms with E-state index in [9.17, 15) is 0 Å². The molecule has 0 amide bonds. The zero-order valence-corrected chi connectivity index (χ0v) is 64.5. The Hall–Kier alpha value is -10.7. The SMILES string of the molecule is CCN(CC)c1ccc(/C=C/C2=[N+](C)c3ccc4ccccc4c3C2(C)CC2=CC=CC2)cc1.CCN(CC)c1ccc(/C=C/C2=[N+](C)c3ccc4ccccc4c3C2(C)Cc2ccccc2)cc1.CCN(CC)c1ccc(/C=C/C2=[N+](C)c3ccc4ccccc4c3C2(C)Cc2ccccc2C)cc1. The number of hydrogen-bond acceptors (Lipinski definition) is 3. The third-order valence-electron chi connectivity index (χ3n) is 23.2. The van der Waals surface area contributed by atoms with Gasteiger partial charge in [0.05, 0.1) is 16.2 Å². The number of fused-ring (bicyclic) bond motifs is 9. The van der Waals surface area contributed by atoms with Crippen LogP contribution in [0.5, 0.6) is 0 Å². The number of allylic oxidation sites excluding steroid dienone is 7. The van der Waals surface area contributed by atoms with Gasteiger partial charge in [-0.05, 0) is 233 Å². The zero-order valence-electron chi connectivity index (χ0n) is 64.5. The Kier molecular flexibility index (Phi) is 22.0. The highest BCUT2D eigenvalue weighted by Crippen LogP contribution is 2.50. The molecule has 11 aromatic rings. The summed E-state index contributed by atoms with van der Waals surface area (Å²) in [6.07, 6.45) is 24.7. The summed E-state index contributed by atoms with van der Waals surface area (Å²) in [4.78, 5) is 7.15. The van der Waals surface area contributed by atoms with E-state index in [1.54, 1.807) is 0 Å². The van der Waals surface area contributed by atoms with E-state index in [0.717, 1.165) is 65.0 Å². The zero-order chi connectivity index (χ0) is 73.4. The fourth-order valence-electron chi connectivity index (χ4n) is 17.6. The fourth-order valence-corrected chi connectivity index (χ4v) is 17.6. The molecule has 1 aliphatic carbocycles. The van der Waals surface area contributed by atoms with Crippen molar-refractivity contribution in [2.45, 2.75) is 111 Å². The van der Waals surface area contributed by atoms with E-state index in [2.05, 4.69) is 410 Å². The molecule has 0 saturated carbocycles. The maximum absolute atomic E-state index is 2.43. The van der Waals surface area contributed by atoms with Crippen molar-refractivity contribution in [1.82, 2.24) is 0 Å². The Balaban J connectivity index is 0.000000140. The molecule has 6 nitrogen and oxygen atoms in total. The topological polar surface area (TPSA) is 18.8 Å². The molecular formula is C99H107N6+3. The largest absolute Gasteiger partial charge is 0.372 e. The predicted molar refractivity (Wildman–Crippen MR) is 455 cm³/mol. The number of nitrogens with zero attached hydrogens (tertiary/aromatic N) is 6. The molecule has 0 fully saturated rings. The Morgan fingerprint density at radius 3 is 1.03 bits per heavy atom. The summed E-state index contributed by atoms with van der Waals surface area (Å²) in [6, 6.07) is 86.7. The van der Waals surface area contributed by atoms with Crippen LogP contribution in [-0.4, -0.2) is 91.3 Å². The average Bonchev–Trinajstić information content (AvgIpc) is 1.59.